The molecule has 0 aromatic heterocycles. The van der Waals surface area contributed by atoms with E-state index in [4.69, 9.17) is 5.11 Å². The fourth-order valence-electron chi connectivity index (χ4n) is 3.91. The second-order valence-electron chi connectivity index (χ2n) is 8.17. The minimum absolute atomic E-state index is 0.0251. The first kappa shape index (κ1) is 23.6. The van der Waals surface area contributed by atoms with Gasteiger partial charge in [-0.3, -0.25) is 24.2 Å². The third kappa shape index (κ3) is 9.56. The first-order valence-electron chi connectivity index (χ1n) is 10.8. The maximum Gasteiger partial charge on any atom is 0.303 e. The highest BCUT2D eigenvalue weighted by Gasteiger charge is 2.28. The third-order valence-corrected chi connectivity index (χ3v) is 5.70. The lowest BCUT2D eigenvalue weighted by Crippen LogP contribution is -2.50. The number of carboxylic acids is 1. The fourth-order valence-corrected chi connectivity index (χ4v) is 3.91. The summed E-state index contributed by atoms with van der Waals surface area (Å²) in [6, 6.07) is 0.459. The van der Waals surface area contributed by atoms with Crippen LogP contribution in [0.2, 0.25) is 0 Å². The Morgan fingerprint density at radius 2 is 1.59 bits per heavy atom. The summed E-state index contributed by atoms with van der Waals surface area (Å²) in [6.45, 7) is 7.74. The van der Waals surface area contributed by atoms with Gasteiger partial charge in [0.2, 0.25) is 11.8 Å². The average Bonchev–Trinajstić information content (AvgIpc) is 3.10. The van der Waals surface area contributed by atoms with Gasteiger partial charge in [0.1, 0.15) is 0 Å². The van der Waals surface area contributed by atoms with Crippen LogP contribution in [-0.2, 0) is 14.4 Å². The Morgan fingerprint density at radius 1 is 0.931 bits per heavy atom. The number of nitrogens with one attached hydrogen (secondary N) is 2. The van der Waals surface area contributed by atoms with Gasteiger partial charge in [-0.25, -0.2) is 0 Å². The molecule has 9 heteroatoms. The van der Waals surface area contributed by atoms with Gasteiger partial charge in [-0.2, -0.15) is 0 Å². The van der Waals surface area contributed by atoms with E-state index in [0.717, 1.165) is 52.1 Å². The lowest BCUT2D eigenvalue weighted by atomic mass is 10.2. The number of rotatable bonds is 12. The molecule has 0 saturated carbocycles. The smallest absolute Gasteiger partial charge is 0.303 e. The predicted octanol–water partition coefficient (Wildman–Crippen LogP) is -0.424. The summed E-state index contributed by atoms with van der Waals surface area (Å²) in [7, 11) is 2.16. The molecule has 2 heterocycles. The molecule has 0 aromatic carbocycles. The molecule has 2 fully saturated rings. The molecule has 2 aliphatic rings. The van der Waals surface area contributed by atoms with Gasteiger partial charge >= 0.3 is 5.97 Å². The monoisotopic (exact) mass is 425 g/mol. The number of carbonyl (C=O) groups is 3. The quantitative estimate of drug-likeness (QED) is 0.222. The van der Waals surface area contributed by atoms with Crippen molar-refractivity contribution in [1.82, 2.24) is 25.3 Å². The minimum Gasteiger partial charge on any atom is -0.481 e. The van der Waals surface area contributed by atoms with Gasteiger partial charge in [-0.05, 0) is 39.3 Å². The van der Waals surface area contributed by atoms with E-state index in [1.165, 1.54) is 0 Å². The molecule has 29 heavy (non-hydrogen) atoms. The van der Waals surface area contributed by atoms with Crippen LogP contribution in [0.4, 0.5) is 0 Å². The van der Waals surface area contributed by atoms with E-state index in [9.17, 15) is 14.4 Å². The van der Waals surface area contributed by atoms with Crippen molar-refractivity contribution < 1.29 is 19.5 Å². The summed E-state index contributed by atoms with van der Waals surface area (Å²) < 4.78 is 0. The van der Waals surface area contributed by atoms with Gasteiger partial charge in [0.05, 0.1) is 6.54 Å². The first-order valence-corrected chi connectivity index (χ1v) is 10.8. The van der Waals surface area contributed by atoms with Crippen LogP contribution in [0.5, 0.6) is 0 Å². The topological polar surface area (TPSA) is 105 Å². The summed E-state index contributed by atoms with van der Waals surface area (Å²) in [6.07, 6.45) is 3.71. The van der Waals surface area contributed by atoms with Gasteiger partial charge in [0.15, 0.2) is 0 Å². The van der Waals surface area contributed by atoms with Gasteiger partial charge in [0.25, 0.3) is 0 Å². The molecule has 2 saturated heterocycles. The number of carbonyl (C=O) groups excluding carboxylic acids is 2. The van der Waals surface area contributed by atoms with Crippen molar-refractivity contribution in [1.29, 1.82) is 0 Å². The summed E-state index contributed by atoms with van der Waals surface area (Å²) in [4.78, 5) is 41.5. The molecule has 1 unspecified atom stereocenters. The van der Waals surface area contributed by atoms with E-state index in [1.807, 2.05) is 0 Å². The van der Waals surface area contributed by atoms with Crippen LogP contribution in [0, 0.1) is 0 Å². The maximum absolute atomic E-state index is 12.3. The lowest BCUT2D eigenvalue weighted by Gasteiger charge is -2.36. The Bertz CT molecular complexity index is 537. The van der Waals surface area contributed by atoms with E-state index < -0.39 is 5.97 Å². The summed E-state index contributed by atoms with van der Waals surface area (Å²) >= 11 is 0. The van der Waals surface area contributed by atoms with Crippen LogP contribution in [0.1, 0.15) is 38.5 Å². The Hall–Kier alpha value is -1.71. The third-order valence-electron chi connectivity index (χ3n) is 5.70. The molecular weight excluding hydrogens is 388 g/mol. The van der Waals surface area contributed by atoms with E-state index in [2.05, 4.69) is 32.4 Å². The Morgan fingerprint density at radius 3 is 2.28 bits per heavy atom. The number of aliphatic carboxylic acids is 1. The van der Waals surface area contributed by atoms with Crippen LogP contribution in [0.3, 0.4) is 0 Å². The summed E-state index contributed by atoms with van der Waals surface area (Å²) in [5.41, 5.74) is 0. The first-order chi connectivity index (χ1) is 13.9. The SMILES string of the molecule is CN1[13CH2][13CH2]N(CC2CCCN2CC(=O)[15NH][13CH2][13CH2][13CH2][13C](=O)[15NH][13CH2][13CH2][13CH2][13C](=O)O)[13CH2][13CH2]1. The Balaban J connectivity index is 1.55. The standard InChI is InChI=1S/C20H37N5O4/c1-23-11-13-24(14-12-23)15-17-5-4-10-25(17)16-19(27)22-8-2-6-18(26)21-9-3-7-20(28)29/h17H,2-16H2,1H3,(H,21,26)(H,22,27)(H,28,29)/i2+1,3+1,6+1,7+1,8+1,9+1,11+1,12+1,13+1,14+1,18+1,20+1,21+1,22+1. The molecule has 9 nitrogen and oxygen atoms in total. The van der Waals surface area contributed by atoms with Gasteiger partial charge in [0, 0.05) is 64.7 Å². The Labute approximate surface area is 173 Å². The molecule has 2 aliphatic heterocycles. The molecule has 0 aliphatic carbocycles. The highest BCUT2D eigenvalue weighted by Crippen LogP contribution is 2.18. The summed E-state index contributed by atoms with van der Waals surface area (Å²) in [5.74, 6) is -0.931. The average molecular weight is 425 g/mol. The molecule has 166 valence electrons. The van der Waals surface area contributed by atoms with Gasteiger partial charge < -0.3 is 20.6 Å². The predicted molar refractivity (Wildman–Crippen MR) is 111 cm³/mol. The highest BCUT2D eigenvalue weighted by atomic mass is 16.5. The molecule has 0 spiro atoms. The molecule has 2 rings (SSSR count). The normalized spacial score (nSPS) is 21.2. The number of hydrogen-bond acceptors (Lipinski definition) is 6. The number of hydrogen-bond donors (Lipinski definition) is 3. The van der Waals surface area contributed by atoms with Crippen LogP contribution in [-0.4, -0.2) is 110 Å². The largest absolute Gasteiger partial charge is 0.481 e. The van der Waals surface area contributed by atoms with E-state index in [0.29, 0.717) is 44.9 Å². The Kier molecular flexibility index (Phi) is 10.4. The van der Waals surface area contributed by atoms with Gasteiger partial charge in [-0.15, -0.1) is 0 Å². The number of carboxylic acid groups (broad SMARTS) is 1. The van der Waals surface area contributed by atoms with Crippen molar-refractivity contribution in [2.45, 2.75) is 44.6 Å². The molecule has 2 amide bonds. The van der Waals surface area contributed by atoms with E-state index in [1.54, 1.807) is 0 Å². The van der Waals surface area contributed by atoms with Crippen LogP contribution in [0.15, 0.2) is 0 Å². The zero-order valence-electron chi connectivity index (χ0n) is 17.7. The summed E-state index contributed by atoms with van der Waals surface area (Å²) in [5, 5.41) is 14.2. The van der Waals surface area contributed by atoms with Crippen LogP contribution < -0.4 is 10.6 Å². The lowest BCUT2D eigenvalue weighted by molar-refractivity contribution is -0.137. The number of likely N-dealkylation sites (tertiary alicyclic amines) is 1. The second-order valence-corrected chi connectivity index (χ2v) is 8.17. The minimum atomic E-state index is -0.856. The molecular formula is C20H37N5O4. The number of nitrogens with zero attached hydrogens (tertiary/aromatic N) is 3. The van der Waals surface area contributed by atoms with Crippen molar-refractivity contribution in [3.63, 3.8) is 0 Å². The zero-order chi connectivity index (χ0) is 21.1. The van der Waals surface area contributed by atoms with Crippen molar-refractivity contribution >= 4 is 17.8 Å². The highest BCUT2D eigenvalue weighted by molar-refractivity contribution is 5.78. The van der Waals surface area contributed by atoms with Crippen LogP contribution in [0.25, 0.3) is 0 Å². The molecule has 0 aromatic rings. The van der Waals surface area contributed by atoms with Crippen molar-refractivity contribution in [2.24, 2.45) is 0 Å². The second kappa shape index (κ2) is 12.8. The zero-order valence-corrected chi connectivity index (χ0v) is 17.7. The van der Waals surface area contributed by atoms with E-state index >= 15 is 0 Å². The number of likely N-dealkylation sites (N-methyl/N-ethyl adjacent to an activating group) is 1. The van der Waals surface area contributed by atoms with Crippen molar-refractivity contribution in [2.75, 3.05) is 66.0 Å². The molecule has 0 radical (unpaired) electrons. The molecule has 3 N–H and O–H groups in total. The maximum atomic E-state index is 12.3. The van der Waals surface area contributed by atoms with Gasteiger partial charge in [-0.1, -0.05) is 0 Å². The van der Waals surface area contributed by atoms with Crippen molar-refractivity contribution in [3.8, 4) is 0 Å². The molecule has 0 bridgehead atoms. The van der Waals surface area contributed by atoms with Crippen molar-refractivity contribution in [3.05, 3.63) is 0 Å². The number of piperazine rings is 1. The van der Waals surface area contributed by atoms with Crippen LogP contribution >= 0.6 is 0 Å². The fraction of sp³-hybridized carbons (Fsp3) is 0.850. The number of amides is 2. The molecule has 1 atom stereocenters. The van der Waals surface area contributed by atoms with E-state index in [-0.39, 0.29) is 18.2 Å².